The number of benzene rings is 2. The van der Waals surface area contributed by atoms with E-state index < -0.39 is 11.9 Å². The van der Waals surface area contributed by atoms with Crippen molar-refractivity contribution in [1.29, 1.82) is 0 Å². The lowest BCUT2D eigenvalue weighted by atomic mass is 9.89. The Morgan fingerprint density at radius 3 is 2.15 bits per heavy atom. The van der Waals surface area contributed by atoms with E-state index >= 15 is 0 Å². The predicted molar refractivity (Wildman–Crippen MR) is 76.8 cm³/mol. The van der Waals surface area contributed by atoms with Gasteiger partial charge in [-0.3, -0.25) is 4.79 Å². The van der Waals surface area contributed by atoms with E-state index in [2.05, 4.69) is 0 Å². The number of rotatable bonds is 3. The average Bonchev–Trinajstić information content (AvgIpc) is 2.40. The number of amides is 1. The fourth-order valence-corrected chi connectivity index (χ4v) is 2.42. The number of nitrogens with two attached hydrogens (primary N) is 1. The topological polar surface area (TPSA) is 80.4 Å². The molecule has 0 atom stereocenters. The highest BCUT2D eigenvalue weighted by molar-refractivity contribution is 6.07. The Hall–Kier alpha value is -2.62. The zero-order valence-electron chi connectivity index (χ0n) is 11.3. The summed E-state index contributed by atoms with van der Waals surface area (Å²) in [6, 6.07) is 11.3. The second kappa shape index (κ2) is 5.17. The minimum Gasteiger partial charge on any atom is -0.478 e. The monoisotopic (exact) mass is 269 g/mol. The summed E-state index contributed by atoms with van der Waals surface area (Å²) in [6.07, 6.45) is 0. The lowest BCUT2D eigenvalue weighted by Gasteiger charge is -2.15. The number of carbonyl (C=O) groups excluding carboxylic acids is 1. The Morgan fingerprint density at radius 1 is 1.05 bits per heavy atom. The lowest BCUT2D eigenvalue weighted by Crippen LogP contribution is -2.19. The van der Waals surface area contributed by atoms with Crippen molar-refractivity contribution in [3.05, 3.63) is 58.7 Å². The molecule has 1 amide bonds. The highest BCUT2D eigenvalue weighted by Crippen LogP contribution is 2.30. The quantitative estimate of drug-likeness (QED) is 0.899. The third-order valence-corrected chi connectivity index (χ3v) is 3.33. The highest BCUT2D eigenvalue weighted by atomic mass is 16.4. The Bertz CT molecular complexity index is 691. The van der Waals surface area contributed by atoms with Crippen molar-refractivity contribution in [3.8, 4) is 11.1 Å². The van der Waals surface area contributed by atoms with Crippen LogP contribution in [-0.4, -0.2) is 17.0 Å². The van der Waals surface area contributed by atoms with Gasteiger partial charge in [-0.2, -0.15) is 0 Å². The van der Waals surface area contributed by atoms with E-state index in [1.807, 2.05) is 30.3 Å². The third-order valence-electron chi connectivity index (χ3n) is 3.33. The first kappa shape index (κ1) is 13.8. The fourth-order valence-electron chi connectivity index (χ4n) is 2.42. The van der Waals surface area contributed by atoms with Crippen LogP contribution in [0.5, 0.6) is 0 Å². The molecule has 0 aliphatic carbocycles. The number of hydrogen-bond acceptors (Lipinski definition) is 2. The van der Waals surface area contributed by atoms with Crippen LogP contribution < -0.4 is 5.73 Å². The van der Waals surface area contributed by atoms with Gasteiger partial charge in [0, 0.05) is 0 Å². The van der Waals surface area contributed by atoms with Crippen LogP contribution in [0.1, 0.15) is 31.8 Å². The Balaban J connectivity index is 2.81. The molecule has 4 nitrogen and oxygen atoms in total. The molecular weight excluding hydrogens is 254 g/mol. The van der Waals surface area contributed by atoms with E-state index in [4.69, 9.17) is 5.73 Å². The number of carboxylic acid groups (broad SMARTS) is 1. The van der Waals surface area contributed by atoms with Crippen LogP contribution in [0.2, 0.25) is 0 Å². The standard InChI is InChI=1S/C16H15NO3/c1-9-8-12(11-6-4-3-5-7-11)10(2)14(15(17)18)13(9)16(19)20/h3-8H,1-2H3,(H2,17,18)(H,19,20). The maximum Gasteiger partial charge on any atom is 0.336 e. The largest absolute Gasteiger partial charge is 0.478 e. The van der Waals surface area contributed by atoms with Gasteiger partial charge in [0.25, 0.3) is 0 Å². The maximum absolute atomic E-state index is 11.6. The van der Waals surface area contributed by atoms with Gasteiger partial charge in [-0.1, -0.05) is 36.4 Å². The molecule has 0 fully saturated rings. The van der Waals surface area contributed by atoms with Crippen LogP contribution in [0.15, 0.2) is 36.4 Å². The van der Waals surface area contributed by atoms with Gasteiger partial charge in [-0.25, -0.2) is 4.79 Å². The smallest absolute Gasteiger partial charge is 0.336 e. The molecule has 0 aliphatic heterocycles. The van der Waals surface area contributed by atoms with Crippen LogP contribution in [0.25, 0.3) is 11.1 Å². The van der Waals surface area contributed by atoms with Crippen molar-refractivity contribution in [1.82, 2.24) is 0 Å². The van der Waals surface area contributed by atoms with E-state index in [1.54, 1.807) is 19.9 Å². The van der Waals surface area contributed by atoms with E-state index in [-0.39, 0.29) is 11.1 Å². The highest BCUT2D eigenvalue weighted by Gasteiger charge is 2.22. The van der Waals surface area contributed by atoms with Crippen LogP contribution in [0, 0.1) is 13.8 Å². The van der Waals surface area contributed by atoms with Gasteiger partial charge in [0.1, 0.15) is 0 Å². The molecule has 0 bridgehead atoms. The van der Waals surface area contributed by atoms with E-state index in [0.29, 0.717) is 11.1 Å². The zero-order chi connectivity index (χ0) is 14.9. The van der Waals surface area contributed by atoms with Crippen LogP contribution in [-0.2, 0) is 0 Å². The average molecular weight is 269 g/mol. The molecule has 102 valence electrons. The molecule has 3 N–H and O–H groups in total. The summed E-state index contributed by atoms with van der Waals surface area (Å²) in [5.74, 6) is -1.86. The fraction of sp³-hybridized carbons (Fsp3) is 0.125. The minimum atomic E-state index is -1.14. The summed E-state index contributed by atoms with van der Waals surface area (Å²) in [7, 11) is 0. The van der Waals surface area contributed by atoms with E-state index in [9.17, 15) is 14.7 Å². The van der Waals surface area contributed by atoms with Crippen LogP contribution >= 0.6 is 0 Å². The van der Waals surface area contributed by atoms with Crippen LogP contribution in [0.3, 0.4) is 0 Å². The number of primary amides is 1. The van der Waals surface area contributed by atoms with Crippen molar-refractivity contribution in [2.45, 2.75) is 13.8 Å². The number of aryl methyl sites for hydroxylation is 1. The third kappa shape index (κ3) is 2.28. The number of aromatic carboxylic acids is 1. The van der Waals surface area contributed by atoms with Gasteiger partial charge in [0.15, 0.2) is 0 Å². The summed E-state index contributed by atoms with van der Waals surface area (Å²) in [6.45, 7) is 3.38. The molecule has 20 heavy (non-hydrogen) atoms. The summed E-state index contributed by atoms with van der Waals surface area (Å²) in [4.78, 5) is 23.0. The molecular formula is C16H15NO3. The van der Waals surface area contributed by atoms with Crippen molar-refractivity contribution in [3.63, 3.8) is 0 Å². The zero-order valence-corrected chi connectivity index (χ0v) is 11.3. The van der Waals surface area contributed by atoms with Gasteiger partial charge >= 0.3 is 5.97 Å². The van der Waals surface area contributed by atoms with Gasteiger partial charge in [0.2, 0.25) is 5.91 Å². The molecule has 0 spiro atoms. The second-order valence-corrected chi connectivity index (χ2v) is 4.65. The molecule has 2 aromatic carbocycles. The first-order valence-corrected chi connectivity index (χ1v) is 6.16. The Morgan fingerprint density at radius 2 is 1.65 bits per heavy atom. The Labute approximate surface area is 116 Å². The molecule has 2 aromatic rings. The molecule has 0 aliphatic rings. The number of carboxylic acids is 1. The molecule has 2 rings (SSSR count). The molecule has 0 saturated heterocycles. The lowest BCUT2D eigenvalue weighted by molar-refractivity contribution is 0.0691. The molecule has 0 heterocycles. The van der Waals surface area contributed by atoms with Gasteiger partial charge in [0.05, 0.1) is 11.1 Å². The Kier molecular flexibility index (Phi) is 3.57. The second-order valence-electron chi connectivity index (χ2n) is 4.65. The minimum absolute atomic E-state index is 0.0188. The predicted octanol–water partition coefficient (Wildman–Crippen LogP) is 2.77. The van der Waals surface area contributed by atoms with Crippen molar-refractivity contribution in [2.24, 2.45) is 5.73 Å². The molecule has 0 saturated carbocycles. The van der Waals surface area contributed by atoms with Crippen molar-refractivity contribution < 1.29 is 14.7 Å². The maximum atomic E-state index is 11.6. The van der Waals surface area contributed by atoms with Crippen LogP contribution in [0.4, 0.5) is 0 Å². The van der Waals surface area contributed by atoms with Gasteiger partial charge in [-0.15, -0.1) is 0 Å². The molecule has 0 radical (unpaired) electrons. The van der Waals surface area contributed by atoms with E-state index in [0.717, 1.165) is 11.1 Å². The van der Waals surface area contributed by atoms with Gasteiger partial charge < -0.3 is 10.8 Å². The summed E-state index contributed by atoms with van der Waals surface area (Å²) < 4.78 is 0. The van der Waals surface area contributed by atoms with E-state index in [1.165, 1.54) is 0 Å². The summed E-state index contributed by atoms with van der Waals surface area (Å²) in [5.41, 5.74) is 8.29. The SMILES string of the molecule is Cc1cc(-c2ccccc2)c(C)c(C(N)=O)c1C(=O)O. The van der Waals surface area contributed by atoms with Crippen molar-refractivity contribution >= 4 is 11.9 Å². The summed E-state index contributed by atoms with van der Waals surface area (Å²) >= 11 is 0. The van der Waals surface area contributed by atoms with Gasteiger partial charge in [-0.05, 0) is 36.1 Å². The number of hydrogen-bond donors (Lipinski definition) is 2. The number of carbonyl (C=O) groups is 2. The molecule has 4 heteroatoms. The normalized spacial score (nSPS) is 10.3. The first-order chi connectivity index (χ1) is 9.43. The first-order valence-electron chi connectivity index (χ1n) is 6.16. The van der Waals surface area contributed by atoms with Crippen molar-refractivity contribution in [2.75, 3.05) is 0 Å². The molecule has 0 unspecified atom stereocenters. The summed E-state index contributed by atoms with van der Waals surface area (Å²) in [5, 5.41) is 9.27. The molecule has 0 aromatic heterocycles.